The molecule has 216 valence electrons. The molecule has 10 nitrogen and oxygen atoms in total. The highest BCUT2D eigenvalue weighted by atomic mass is 35.5. The number of halogens is 1. The van der Waals surface area contributed by atoms with Crippen molar-refractivity contribution < 1.29 is 48.0 Å². The smallest absolute Gasteiger partial charge is 0.303 e. The van der Waals surface area contributed by atoms with Crippen LogP contribution in [0.4, 0.5) is 0 Å². The van der Waals surface area contributed by atoms with Gasteiger partial charge in [-0.15, -0.1) is 0 Å². The second kappa shape index (κ2) is 13.3. The van der Waals surface area contributed by atoms with Gasteiger partial charge in [0.15, 0.2) is 12.2 Å². The first-order chi connectivity index (χ1) is 18.8. The van der Waals surface area contributed by atoms with Crippen molar-refractivity contribution in [1.29, 1.82) is 0 Å². The van der Waals surface area contributed by atoms with Gasteiger partial charge < -0.3 is 28.8 Å². The van der Waals surface area contributed by atoms with E-state index in [0.29, 0.717) is 17.0 Å². The Kier molecular flexibility index (Phi) is 10.3. The average Bonchev–Trinajstić information content (AvgIpc) is 2.87. The summed E-state index contributed by atoms with van der Waals surface area (Å²) in [6, 6.07) is 12.6. The first kappa shape index (κ1) is 31.1. The van der Waals surface area contributed by atoms with Crippen LogP contribution in [0.5, 0.6) is 0 Å². The van der Waals surface area contributed by atoms with Gasteiger partial charge in [0.05, 0.1) is 0 Å². The van der Waals surface area contributed by atoms with Gasteiger partial charge in [-0.2, -0.15) is 0 Å². The molecule has 1 heterocycles. The highest BCUT2D eigenvalue weighted by molar-refractivity contribution is 6.31. The van der Waals surface area contributed by atoms with E-state index in [0.717, 1.165) is 32.8 Å². The lowest BCUT2D eigenvalue weighted by atomic mass is 9.86. The van der Waals surface area contributed by atoms with Gasteiger partial charge in [-0.05, 0) is 41.7 Å². The number of esters is 4. The Bertz CT molecular complexity index is 1240. The summed E-state index contributed by atoms with van der Waals surface area (Å²) in [5, 5.41) is 12.5. The zero-order valence-corrected chi connectivity index (χ0v) is 23.7. The molecule has 40 heavy (non-hydrogen) atoms. The van der Waals surface area contributed by atoms with E-state index >= 15 is 0 Å². The number of hydrogen-bond acceptors (Lipinski definition) is 10. The van der Waals surface area contributed by atoms with E-state index in [9.17, 15) is 24.3 Å². The molecule has 0 radical (unpaired) electrons. The fourth-order valence-electron chi connectivity index (χ4n) is 4.56. The number of carbonyl (C=O) groups excluding carboxylic acids is 4. The molecule has 0 aromatic heterocycles. The summed E-state index contributed by atoms with van der Waals surface area (Å²) in [7, 11) is 0. The summed E-state index contributed by atoms with van der Waals surface area (Å²) < 4.78 is 27.4. The van der Waals surface area contributed by atoms with E-state index in [1.54, 1.807) is 12.1 Å². The second-order valence-electron chi connectivity index (χ2n) is 9.49. The third-order valence-electron chi connectivity index (χ3n) is 6.34. The lowest BCUT2D eigenvalue weighted by Crippen LogP contribution is -2.66. The summed E-state index contributed by atoms with van der Waals surface area (Å²) in [6.45, 7) is 6.08. The number of aryl methyl sites for hydroxylation is 1. The fourth-order valence-corrected chi connectivity index (χ4v) is 4.74. The van der Waals surface area contributed by atoms with Crippen molar-refractivity contribution in [2.24, 2.45) is 0 Å². The normalized spacial score (nSPS) is 24.1. The Morgan fingerprint density at radius 2 is 1.43 bits per heavy atom. The van der Waals surface area contributed by atoms with Crippen LogP contribution in [0.2, 0.25) is 5.02 Å². The third kappa shape index (κ3) is 7.59. The summed E-state index contributed by atoms with van der Waals surface area (Å²) >= 11 is 6.51. The van der Waals surface area contributed by atoms with E-state index in [4.69, 9.17) is 35.3 Å². The number of rotatable bonds is 9. The maximum atomic E-state index is 12.2. The molecule has 0 saturated carbocycles. The van der Waals surface area contributed by atoms with Gasteiger partial charge in [0.1, 0.15) is 12.7 Å². The maximum Gasteiger partial charge on any atom is 0.303 e. The summed E-state index contributed by atoms with van der Waals surface area (Å²) in [5.41, 5.74) is 2.89. The topological polar surface area (TPSA) is 135 Å². The number of carbonyl (C=O) groups is 4. The maximum absolute atomic E-state index is 12.2. The SMILES string of the molecule is CCc1ccc(Cc2cc([C@]3(O)O[C@H](COC(C)=O)[C@@H](OC(C)=O)[C@H](OC(C)=O)[C@H]3OC(C)=O)ccc2Cl)cc1. The lowest BCUT2D eigenvalue weighted by Gasteiger charge is -2.48. The molecular formula is C29H33ClO10. The minimum absolute atomic E-state index is 0.120. The largest absolute Gasteiger partial charge is 0.463 e. The fraction of sp³-hybridized carbons (Fsp3) is 0.448. The minimum Gasteiger partial charge on any atom is -0.463 e. The molecule has 2 aromatic rings. The van der Waals surface area contributed by atoms with Crippen molar-refractivity contribution in [2.45, 2.75) is 77.7 Å². The predicted octanol–water partition coefficient (Wildman–Crippen LogP) is 3.40. The Morgan fingerprint density at radius 3 is 1.98 bits per heavy atom. The number of aliphatic hydroxyl groups is 1. The monoisotopic (exact) mass is 576 g/mol. The molecule has 1 saturated heterocycles. The van der Waals surface area contributed by atoms with Crippen LogP contribution in [-0.2, 0) is 61.5 Å². The molecule has 0 bridgehead atoms. The number of benzene rings is 2. The van der Waals surface area contributed by atoms with Crippen LogP contribution in [0.1, 0.15) is 56.9 Å². The van der Waals surface area contributed by atoms with Gasteiger partial charge in [0.2, 0.25) is 11.9 Å². The van der Waals surface area contributed by atoms with Crippen LogP contribution < -0.4 is 0 Å². The second-order valence-corrected chi connectivity index (χ2v) is 9.89. The summed E-state index contributed by atoms with van der Waals surface area (Å²) in [4.78, 5) is 47.9. The first-order valence-corrected chi connectivity index (χ1v) is 13.1. The number of ether oxygens (including phenoxy) is 5. The molecule has 1 fully saturated rings. The van der Waals surface area contributed by atoms with Gasteiger partial charge >= 0.3 is 23.9 Å². The van der Waals surface area contributed by atoms with Crippen LogP contribution in [0, 0.1) is 0 Å². The molecule has 2 aromatic carbocycles. The Balaban J connectivity index is 2.12. The molecule has 5 atom stereocenters. The molecule has 1 N–H and O–H groups in total. The van der Waals surface area contributed by atoms with Crippen molar-refractivity contribution in [1.82, 2.24) is 0 Å². The molecule has 0 aliphatic carbocycles. The first-order valence-electron chi connectivity index (χ1n) is 12.8. The van der Waals surface area contributed by atoms with Gasteiger partial charge in [-0.1, -0.05) is 48.9 Å². The third-order valence-corrected chi connectivity index (χ3v) is 6.71. The van der Waals surface area contributed by atoms with Crippen LogP contribution in [0.3, 0.4) is 0 Å². The van der Waals surface area contributed by atoms with Crippen molar-refractivity contribution in [3.05, 3.63) is 69.7 Å². The number of hydrogen-bond donors (Lipinski definition) is 1. The van der Waals surface area contributed by atoms with Crippen molar-refractivity contribution in [3.63, 3.8) is 0 Å². The quantitative estimate of drug-likeness (QED) is 0.349. The molecular weight excluding hydrogens is 544 g/mol. The minimum atomic E-state index is -2.43. The van der Waals surface area contributed by atoms with Gasteiger partial charge in [-0.25, -0.2) is 0 Å². The standard InChI is InChI=1S/C29H33ClO10/c1-6-20-7-9-21(10-8-20)13-22-14-23(11-12-24(22)30)29(35)28(39-19(5)34)27(38-18(4)33)26(37-17(3)32)25(40-29)15-36-16(2)31/h7-12,14,25-28,35H,6,13,15H2,1-5H3/t25-,26-,27+,28-,29+/m1/s1. The molecule has 11 heteroatoms. The average molecular weight is 577 g/mol. The van der Waals surface area contributed by atoms with E-state index in [-0.39, 0.29) is 5.56 Å². The van der Waals surface area contributed by atoms with Gasteiger partial charge in [-0.3, -0.25) is 19.2 Å². The molecule has 0 unspecified atom stereocenters. The van der Waals surface area contributed by atoms with E-state index in [1.165, 1.54) is 18.6 Å². The molecule has 3 rings (SSSR count). The molecule has 0 amide bonds. The molecule has 1 aliphatic rings. The van der Waals surface area contributed by atoms with E-state index in [2.05, 4.69) is 6.92 Å². The zero-order valence-electron chi connectivity index (χ0n) is 23.0. The van der Waals surface area contributed by atoms with Crippen molar-refractivity contribution >= 4 is 35.5 Å². The Morgan fingerprint density at radius 1 is 0.850 bits per heavy atom. The summed E-state index contributed by atoms with van der Waals surface area (Å²) in [5.74, 6) is -5.49. The predicted molar refractivity (Wildman–Crippen MR) is 142 cm³/mol. The molecule has 0 spiro atoms. The van der Waals surface area contributed by atoms with Crippen LogP contribution in [-0.4, -0.2) is 60.0 Å². The van der Waals surface area contributed by atoms with E-state index in [1.807, 2.05) is 24.3 Å². The zero-order chi connectivity index (χ0) is 29.6. The van der Waals surface area contributed by atoms with Crippen molar-refractivity contribution in [2.75, 3.05) is 6.61 Å². The van der Waals surface area contributed by atoms with E-state index < -0.39 is 60.7 Å². The van der Waals surface area contributed by atoms with Gasteiger partial charge in [0.25, 0.3) is 0 Å². The van der Waals surface area contributed by atoms with Crippen LogP contribution >= 0.6 is 11.6 Å². The van der Waals surface area contributed by atoms with Gasteiger partial charge in [0, 0.05) is 38.3 Å². The summed E-state index contributed by atoms with van der Waals surface area (Å²) in [6.07, 6.45) is -4.60. The highest BCUT2D eigenvalue weighted by Crippen LogP contribution is 2.42. The van der Waals surface area contributed by atoms with Crippen molar-refractivity contribution in [3.8, 4) is 0 Å². The Labute approximate surface area is 237 Å². The lowest BCUT2D eigenvalue weighted by molar-refractivity contribution is -0.360. The van der Waals surface area contributed by atoms with Crippen LogP contribution in [0.25, 0.3) is 0 Å². The Hall–Kier alpha value is -3.47. The highest BCUT2D eigenvalue weighted by Gasteiger charge is 2.60. The van der Waals surface area contributed by atoms with Crippen LogP contribution in [0.15, 0.2) is 42.5 Å². The molecule has 1 aliphatic heterocycles.